The first-order valence-electron chi connectivity index (χ1n) is 13.3. The Kier molecular flexibility index (Phi) is 6.34. The summed E-state index contributed by atoms with van der Waals surface area (Å²) >= 11 is 0. The highest BCUT2D eigenvalue weighted by molar-refractivity contribution is 5.95. The third-order valence-corrected chi connectivity index (χ3v) is 8.18. The molecule has 7 heteroatoms. The van der Waals surface area contributed by atoms with Gasteiger partial charge in [0.25, 0.3) is 5.91 Å². The van der Waals surface area contributed by atoms with Gasteiger partial charge in [-0.15, -0.1) is 0 Å². The van der Waals surface area contributed by atoms with E-state index in [2.05, 4.69) is 65.4 Å². The number of amides is 1. The van der Waals surface area contributed by atoms with Crippen molar-refractivity contribution >= 4 is 5.91 Å². The summed E-state index contributed by atoms with van der Waals surface area (Å²) < 4.78 is 7.47. The smallest absolute Gasteiger partial charge is 0.274 e. The summed E-state index contributed by atoms with van der Waals surface area (Å²) in [5.74, 6) is -0.0811. The fourth-order valence-corrected chi connectivity index (χ4v) is 6.14. The molecule has 1 fully saturated rings. The van der Waals surface area contributed by atoms with Gasteiger partial charge in [0.15, 0.2) is 5.43 Å². The van der Waals surface area contributed by atoms with Gasteiger partial charge in [-0.3, -0.25) is 24.2 Å². The van der Waals surface area contributed by atoms with Crippen LogP contribution in [0.3, 0.4) is 0 Å². The Hall–Kier alpha value is -3.42. The molecule has 192 valence electrons. The van der Waals surface area contributed by atoms with Crippen molar-refractivity contribution in [2.45, 2.75) is 38.8 Å². The second kappa shape index (κ2) is 9.80. The van der Waals surface area contributed by atoms with Gasteiger partial charge in [0.05, 0.1) is 19.3 Å². The highest BCUT2D eigenvalue weighted by atomic mass is 16.5. The van der Waals surface area contributed by atoms with Crippen LogP contribution in [0.15, 0.2) is 65.6 Å². The van der Waals surface area contributed by atoms with E-state index in [1.807, 2.05) is 9.58 Å². The van der Waals surface area contributed by atoms with Crippen LogP contribution >= 0.6 is 0 Å². The number of hydrogen-bond acceptors (Lipinski definition) is 5. The first kappa shape index (κ1) is 23.9. The molecule has 0 N–H and O–H groups in total. The lowest BCUT2D eigenvalue weighted by Gasteiger charge is -2.47. The van der Waals surface area contributed by atoms with E-state index in [0.29, 0.717) is 17.9 Å². The van der Waals surface area contributed by atoms with Gasteiger partial charge in [-0.1, -0.05) is 48.5 Å². The van der Waals surface area contributed by atoms with Crippen LogP contribution in [0, 0.1) is 6.92 Å². The van der Waals surface area contributed by atoms with Crippen LogP contribution in [0.25, 0.3) is 0 Å². The number of carbonyl (C=O) groups excluding carboxylic acids is 1. The zero-order valence-corrected chi connectivity index (χ0v) is 21.6. The number of fused-ring (bicyclic) bond motifs is 3. The van der Waals surface area contributed by atoms with E-state index in [4.69, 9.17) is 4.74 Å². The molecule has 0 saturated carbocycles. The average Bonchev–Trinajstić information content (AvgIpc) is 3.08. The summed E-state index contributed by atoms with van der Waals surface area (Å²) in [6.07, 6.45) is 3.73. The number of benzene rings is 2. The van der Waals surface area contributed by atoms with Crippen LogP contribution in [0.4, 0.5) is 0 Å². The fraction of sp³-hybridized carbons (Fsp3) is 0.400. The highest BCUT2D eigenvalue weighted by Gasteiger charge is 2.39. The molecule has 3 heterocycles. The minimum atomic E-state index is -0.108. The summed E-state index contributed by atoms with van der Waals surface area (Å²) in [5, 5.41) is 2.28. The first-order chi connectivity index (χ1) is 18.0. The van der Waals surface area contributed by atoms with Gasteiger partial charge >= 0.3 is 0 Å². The molecule has 3 aliphatic rings. The van der Waals surface area contributed by atoms with Gasteiger partial charge in [0.2, 0.25) is 0 Å². The number of rotatable bonds is 4. The van der Waals surface area contributed by atoms with Crippen molar-refractivity contribution in [3.8, 4) is 0 Å². The van der Waals surface area contributed by atoms with Crippen LogP contribution in [-0.2, 0) is 17.6 Å². The van der Waals surface area contributed by atoms with E-state index in [1.165, 1.54) is 22.3 Å². The molecule has 0 spiro atoms. The monoisotopic (exact) mass is 498 g/mol. The van der Waals surface area contributed by atoms with Crippen molar-refractivity contribution in [3.63, 3.8) is 0 Å². The van der Waals surface area contributed by atoms with Gasteiger partial charge in [-0.2, -0.15) is 0 Å². The van der Waals surface area contributed by atoms with Crippen molar-refractivity contribution in [2.75, 3.05) is 44.5 Å². The summed E-state index contributed by atoms with van der Waals surface area (Å²) in [5.41, 5.74) is 6.02. The molecule has 6 rings (SSSR count). The van der Waals surface area contributed by atoms with Gasteiger partial charge in [-0.25, -0.2) is 0 Å². The Labute approximate surface area is 217 Å². The van der Waals surface area contributed by atoms with E-state index < -0.39 is 0 Å². The number of nitrogens with zero attached hydrogens (tertiary/aromatic N) is 4. The molecule has 1 saturated heterocycles. The maximum Gasteiger partial charge on any atom is 0.274 e. The number of aryl methyl sites for hydroxylation is 2. The second-order valence-corrected chi connectivity index (χ2v) is 10.4. The Morgan fingerprint density at radius 3 is 2.19 bits per heavy atom. The average molecular weight is 499 g/mol. The second-order valence-electron chi connectivity index (χ2n) is 10.4. The van der Waals surface area contributed by atoms with E-state index >= 15 is 0 Å². The Balaban J connectivity index is 1.48. The van der Waals surface area contributed by atoms with E-state index in [-0.39, 0.29) is 23.4 Å². The molecule has 7 nitrogen and oxygen atoms in total. The third-order valence-electron chi connectivity index (χ3n) is 8.18. The van der Waals surface area contributed by atoms with E-state index in [1.54, 1.807) is 19.2 Å². The molecule has 0 bridgehead atoms. The molecule has 1 unspecified atom stereocenters. The van der Waals surface area contributed by atoms with Crippen molar-refractivity contribution in [3.05, 3.63) is 105 Å². The minimum absolute atomic E-state index is 0.0205. The fourth-order valence-electron chi connectivity index (χ4n) is 6.14. The van der Waals surface area contributed by atoms with Crippen molar-refractivity contribution in [2.24, 2.45) is 0 Å². The molecule has 1 atom stereocenters. The SMILES string of the molecule is Cc1c2n(ccc1=O)N(C1c3ccccc3CCc3ccccc31)CN(C(C)CN1CCOCC1)C2=O. The number of aromatic nitrogens is 1. The first-order valence-corrected chi connectivity index (χ1v) is 13.3. The Morgan fingerprint density at radius 2 is 1.54 bits per heavy atom. The molecule has 3 aromatic rings. The number of morpholine rings is 1. The number of ether oxygens (including phenoxy) is 1. The third kappa shape index (κ3) is 4.26. The van der Waals surface area contributed by atoms with Crippen LogP contribution < -0.4 is 10.4 Å². The van der Waals surface area contributed by atoms with Crippen LogP contribution in [0.1, 0.15) is 51.3 Å². The molecule has 2 aliphatic heterocycles. The molecular formula is C30H34N4O3. The lowest BCUT2D eigenvalue weighted by Crippen LogP contribution is -2.60. The van der Waals surface area contributed by atoms with Gasteiger partial charge < -0.3 is 9.64 Å². The van der Waals surface area contributed by atoms with Crippen molar-refractivity contribution in [1.29, 1.82) is 0 Å². The maximum absolute atomic E-state index is 14.0. The minimum Gasteiger partial charge on any atom is -0.379 e. The quantitative estimate of drug-likeness (QED) is 0.553. The molecule has 1 amide bonds. The zero-order chi connectivity index (χ0) is 25.5. The Morgan fingerprint density at radius 1 is 0.919 bits per heavy atom. The van der Waals surface area contributed by atoms with Crippen molar-refractivity contribution < 1.29 is 9.53 Å². The predicted octanol–water partition coefficient (Wildman–Crippen LogP) is 3.12. The molecule has 2 aromatic carbocycles. The zero-order valence-electron chi connectivity index (χ0n) is 21.6. The predicted molar refractivity (Wildman–Crippen MR) is 144 cm³/mol. The van der Waals surface area contributed by atoms with Crippen LogP contribution in [-0.4, -0.2) is 65.9 Å². The molecule has 0 radical (unpaired) electrons. The standard InChI is InChI=1S/C30H34N4O3/c1-21(19-31-15-17-37-18-16-31)32-20-34(33-14-13-27(35)22(2)28(33)30(32)36)29-25-9-5-3-7-23(25)11-12-24-8-4-6-10-26(24)29/h3-10,13-14,21,29H,11-12,15-20H2,1-2H3. The number of carbonyl (C=O) groups is 1. The number of hydrogen-bond donors (Lipinski definition) is 0. The maximum atomic E-state index is 14.0. The largest absolute Gasteiger partial charge is 0.379 e. The molecule has 1 aromatic heterocycles. The molecule has 37 heavy (non-hydrogen) atoms. The lowest BCUT2D eigenvalue weighted by molar-refractivity contribution is 0.0210. The number of pyridine rings is 1. The molecular weight excluding hydrogens is 464 g/mol. The summed E-state index contributed by atoms with van der Waals surface area (Å²) in [7, 11) is 0. The van der Waals surface area contributed by atoms with E-state index in [0.717, 1.165) is 45.7 Å². The van der Waals surface area contributed by atoms with Crippen molar-refractivity contribution in [1.82, 2.24) is 14.5 Å². The summed E-state index contributed by atoms with van der Waals surface area (Å²) in [6, 6.07) is 18.8. The van der Waals surface area contributed by atoms with Gasteiger partial charge in [0.1, 0.15) is 12.4 Å². The van der Waals surface area contributed by atoms with Gasteiger partial charge in [0, 0.05) is 43.5 Å². The highest BCUT2D eigenvalue weighted by Crippen LogP contribution is 2.38. The summed E-state index contributed by atoms with van der Waals surface area (Å²) in [4.78, 5) is 31.0. The lowest BCUT2D eigenvalue weighted by atomic mass is 9.94. The summed E-state index contributed by atoms with van der Waals surface area (Å²) in [6.45, 7) is 8.29. The Bertz CT molecular complexity index is 1330. The normalized spacial score (nSPS) is 19.1. The topological polar surface area (TPSA) is 58.0 Å². The van der Waals surface area contributed by atoms with E-state index in [9.17, 15) is 9.59 Å². The van der Waals surface area contributed by atoms with Crippen LogP contribution in [0.5, 0.6) is 0 Å². The van der Waals surface area contributed by atoms with Gasteiger partial charge in [-0.05, 0) is 48.9 Å². The molecule has 1 aliphatic carbocycles. The van der Waals surface area contributed by atoms with Crippen LogP contribution in [0.2, 0.25) is 0 Å².